The van der Waals surface area contributed by atoms with Crippen LogP contribution in [0.15, 0.2) is 64.2 Å². The van der Waals surface area contributed by atoms with Crippen LogP contribution in [0.25, 0.3) is 6.08 Å². The molecule has 1 saturated heterocycles. The molecule has 11 nitrogen and oxygen atoms in total. The van der Waals surface area contributed by atoms with Crippen LogP contribution in [0.3, 0.4) is 0 Å². The van der Waals surface area contributed by atoms with Gasteiger partial charge in [0.1, 0.15) is 17.4 Å². The van der Waals surface area contributed by atoms with Crippen molar-refractivity contribution in [2.75, 3.05) is 13.1 Å². The van der Waals surface area contributed by atoms with Gasteiger partial charge in [0.2, 0.25) is 11.1 Å². The largest absolute Gasteiger partial charge is 0.489 e. The van der Waals surface area contributed by atoms with E-state index >= 15 is 0 Å². The van der Waals surface area contributed by atoms with Crippen LogP contribution in [-0.4, -0.2) is 55.8 Å². The van der Waals surface area contributed by atoms with Gasteiger partial charge >= 0.3 is 0 Å². The summed E-state index contributed by atoms with van der Waals surface area (Å²) < 4.78 is 5.74. The predicted octanol–water partition coefficient (Wildman–Crippen LogP) is 3.81. The lowest BCUT2D eigenvalue weighted by molar-refractivity contribution is -0.384. The van der Waals surface area contributed by atoms with E-state index in [9.17, 15) is 19.7 Å². The van der Waals surface area contributed by atoms with Crippen molar-refractivity contribution in [1.29, 1.82) is 5.41 Å². The number of fused-ring (bicyclic) bond motifs is 1. The molecule has 2 amide bonds. The number of nitro groups is 1. The second-order valence-corrected chi connectivity index (χ2v) is 9.60. The van der Waals surface area contributed by atoms with E-state index in [4.69, 9.17) is 10.1 Å². The molecule has 5 rings (SSSR count). The van der Waals surface area contributed by atoms with Crippen LogP contribution in [0.2, 0.25) is 0 Å². The molecule has 0 saturated carbocycles. The number of hydrogen-bond donors (Lipinski definition) is 1. The van der Waals surface area contributed by atoms with Crippen molar-refractivity contribution in [1.82, 2.24) is 9.91 Å². The Morgan fingerprint density at radius 1 is 1.14 bits per heavy atom. The number of amidine groups is 2. The number of carbonyl (C=O) groups excluding carboxylic acids is 2. The molecule has 1 fully saturated rings. The molecular weight excluding hydrogens is 496 g/mol. The normalized spacial score (nSPS) is 18.1. The number of hydrazone groups is 1. The van der Waals surface area contributed by atoms with Gasteiger partial charge in [-0.25, -0.2) is 0 Å². The first-order valence-electron chi connectivity index (χ1n) is 11.6. The number of ether oxygens (including phenoxy) is 1. The van der Waals surface area contributed by atoms with Crippen LogP contribution in [0.4, 0.5) is 5.69 Å². The fraction of sp³-hybridized carbons (Fsp3) is 0.240. The fourth-order valence-corrected chi connectivity index (χ4v) is 4.89. The maximum absolute atomic E-state index is 12.7. The molecule has 3 aliphatic rings. The second kappa shape index (κ2) is 10.3. The summed E-state index contributed by atoms with van der Waals surface area (Å²) in [6.45, 7) is 1.75. The lowest BCUT2D eigenvalue weighted by atomic mass is 10.1. The van der Waals surface area contributed by atoms with Crippen LogP contribution in [0, 0.1) is 15.5 Å². The lowest BCUT2D eigenvalue weighted by Gasteiger charge is -2.20. The van der Waals surface area contributed by atoms with E-state index in [1.807, 2.05) is 4.90 Å². The number of benzene rings is 2. The van der Waals surface area contributed by atoms with Crippen LogP contribution in [0.1, 0.15) is 30.4 Å². The molecule has 37 heavy (non-hydrogen) atoms. The van der Waals surface area contributed by atoms with Gasteiger partial charge in [0.25, 0.3) is 11.6 Å². The van der Waals surface area contributed by atoms with Crippen molar-refractivity contribution >= 4 is 51.4 Å². The zero-order chi connectivity index (χ0) is 25.9. The van der Waals surface area contributed by atoms with Gasteiger partial charge in [-0.1, -0.05) is 12.1 Å². The number of aliphatic imine (C=N–C) groups is 1. The quantitative estimate of drug-likeness (QED) is 0.334. The summed E-state index contributed by atoms with van der Waals surface area (Å²) in [6.07, 6.45) is 3.70. The summed E-state index contributed by atoms with van der Waals surface area (Å²) in [7, 11) is 0. The van der Waals surface area contributed by atoms with Gasteiger partial charge in [0, 0.05) is 25.2 Å². The van der Waals surface area contributed by atoms with Crippen molar-refractivity contribution in [2.45, 2.75) is 25.9 Å². The highest BCUT2D eigenvalue weighted by Crippen LogP contribution is 2.30. The molecule has 0 radical (unpaired) electrons. The number of carbonyl (C=O) groups is 2. The third kappa shape index (κ3) is 5.43. The highest BCUT2D eigenvalue weighted by Gasteiger charge is 2.36. The lowest BCUT2D eigenvalue weighted by Crippen LogP contribution is -2.35. The molecular formula is C25H22N6O5S. The Bertz CT molecular complexity index is 1360. The van der Waals surface area contributed by atoms with Gasteiger partial charge < -0.3 is 9.64 Å². The summed E-state index contributed by atoms with van der Waals surface area (Å²) in [4.78, 5) is 41.3. The molecule has 2 aromatic rings. The fourth-order valence-electron chi connectivity index (χ4n) is 4.02. The average Bonchev–Trinajstić information content (AvgIpc) is 3.57. The molecule has 0 aromatic heterocycles. The maximum Gasteiger partial charge on any atom is 0.283 e. The summed E-state index contributed by atoms with van der Waals surface area (Å²) in [5.41, 5.74) is 1.58. The molecule has 3 aliphatic heterocycles. The first-order valence-corrected chi connectivity index (χ1v) is 12.4. The number of rotatable bonds is 7. The number of amides is 2. The van der Waals surface area contributed by atoms with Crippen LogP contribution < -0.4 is 4.74 Å². The number of hydrogen-bond acceptors (Lipinski definition) is 8. The van der Waals surface area contributed by atoms with Gasteiger partial charge in [0.05, 0.1) is 16.9 Å². The molecule has 188 valence electrons. The van der Waals surface area contributed by atoms with E-state index in [0.29, 0.717) is 16.4 Å². The van der Waals surface area contributed by atoms with E-state index in [0.717, 1.165) is 43.3 Å². The zero-order valence-electron chi connectivity index (χ0n) is 19.6. The Balaban J connectivity index is 1.23. The average molecular weight is 519 g/mol. The van der Waals surface area contributed by atoms with E-state index in [1.54, 1.807) is 42.5 Å². The molecule has 12 heteroatoms. The summed E-state index contributed by atoms with van der Waals surface area (Å²) in [5.74, 6) is -0.0541. The molecule has 2 aromatic carbocycles. The number of nitrogens with one attached hydrogen (secondary N) is 1. The van der Waals surface area contributed by atoms with E-state index < -0.39 is 10.8 Å². The molecule has 0 unspecified atom stereocenters. The minimum Gasteiger partial charge on any atom is -0.489 e. The smallest absolute Gasteiger partial charge is 0.283 e. The standard InChI is InChI=1S/C25H22N6O5S/c26-23-20(24(33)27-25-30(23)28-21(37-25)14-22(32)29-11-1-2-12-29)13-16-5-9-19(10-6-16)36-15-17-3-7-18(8-4-17)31(34)35/h3-10,13,26H,1-2,11-12,14-15H2. The number of likely N-dealkylation sites (tertiary alicyclic amines) is 1. The third-order valence-electron chi connectivity index (χ3n) is 6.00. The predicted molar refractivity (Wildman–Crippen MR) is 139 cm³/mol. The minimum atomic E-state index is -0.537. The highest BCUT2D eigenvalue weighted by atomic mass is 32.2. The van der Waals surface area contributed by atoms with Crippen molar-refractivity contribution in [3.8, 4) is 5.75 Å². The van der Waals surface area contributed by atoms with Gasteiger partial charge in [-0.3, -0.25) is 25.1 Å². The molecule has 1 N–H and O–H groups in total. The summed E-state index contributed by atoms with van der Waals surface area (Å²) >= 11 is 1.14. The van der Waals surface area contributed by atoms with E-state index in [1.165, 1.54) is 17.1 Å². The molecule has 0 atom stereocenters. The second-order valence-electron chi connectivity index (χ2n) is 8.56. The summed E-state index contributed by atoms with van der Waals surface area (Å²) in [6, 6.07) is 13.1. The van der Waals surface area contributed by atoms with Crippen molar-refractivity contribution < 1.29 is 19.2 Å². The Labute approximate surface area is 216 Å². The Hall–Kier alpha value is -4.32. The van der Waals surface area contributed by atoms with E-state index in [2.05, 4.69) is 10.1 Å². The first-order chi connectivity index (χ1) is 17.9. The number of non-ortho nitro benzene ring substituents is 1. The number of nitro benzene ring substituents is 1. The van der Waals surface area contributed by atoms with Gasteiger partial charge in [-0.15, -0.1) is 0 Å². The maximum atomic E-state index is 12.7. The van der Waals surface area contributed by atoms with Crippen LogP contribution >= 0.6 is 11.8 Å². The van der Waals surface area contributed by atoms with Crippen molar-refractivity contribution in [3.63, 3.8) is 0 Å². The Morgan fingerprint density at radius 2 is 1.84 bits per heavy atom. The van der Waals surface area contributed by atoms with Gasteiger partial charge in [-0.05, 0) is 66.1 Å². The molecule has 3 heterocycles. The third-order valence-corrected chi connectivity index (χ3v) is 6.91. The Kier molecular flexibility index (Phi) is 6.82. The zero-order valence-corrected chi connectivity index (χ0v) is 20.4. The first kappa shape index (κ1) is 24.4. The molecule has 0 spiro atoms. The number of thioether (sulfide) groups is 1. The summed E-state index contributed by atoms with van der Waals surface area (Å²) in [5, 5.41) is 25.7. The SMILES string of the molecule is N=C1C(=Cc2ccc(OCc3ccc([N+](=O)[O-])cc3)cc2)C(=O)N=C2SC(CC(=O)N3CCCC3)=NN12. The minimum absolute atomic E-state index is 0.00583. The van der Waals surface area contributed by atoms with E-state index in [-0.39, 0.29) is 41.2 Å². The molecule has 0 aliphatic carbocycles. The Morgan fingerprint density at radius 3 is 2.51 bits per heavy atom. The van der Waals surface area contributed by atoms with Crippen molar-refractivity contribution in [2.24, 2.45) is 10.1 Å². The topological polar surface area (TPSA) is 142 Å². The van der Waals surface area contributed by atoms with Crippen LogP contribution in [-0.2, 0) is 16.2 Å². The van der Waals surface area contributed by atoms with Gasteiger partial charge in [0.15, 0.2) is 5.84 Å². The van der Waals surface area contributed by atoms with Crippen molar-refractivity contribution in [3.05, 3.63) is 75.3 Å². The van der Waals surface area contributed by atoms with Gasteiger partial charge in [-0.2, -0.15) is 15.1 Å². The molecule has 0 bridgehead atoms. The highest BCUT2D eigenvalue weighted by molar-refractivity contribution is 8.27. The van der Waals surface area contributed by atoms with Crippen LogP contribution in [0.5, 0.6) is 5.75 Å². The monoisotopic (exact) mass is 518 g/mol. The number of nitrogens with zero attached hydrogens (tertiary/aromatic N) is 5.